The Bertz CT molecular complexity index is 714. The molecule has 1 aliphatic heterocycles. The van der Waals surface area contributed by atoms with E-state index in [4.69, 9.17) is 0 Å². The molecule has 2 heterocycles. The number of fused-ring (bicyclic) bond motifs is 1. The SMILES string of the molecule is CN=C(NCCCN1CCC(C)CC1)NCc1nccc2ccccc12. The number of piperidine rings is 1. The molecule has 0 spiro atoms. The maximum absolute atomic E-state index is 4.52. The van der Waals surface area contributed by atoms with Crippen LogP contribution in [0.1, 0.15) is 31.9 Å². The Morgan fingerprint density at radius 1 is 1.19 bits per heavy atom. The van der Waals surface area contributed by atoms with Crippen LogP contribution in [0, 0.1) is 5.92 Å². The van der Waals surface area contributed by atoms with E-state index >= 15 is 0 Å². The lowest BCUT2D eigenvalue weighted by molar-refractivity contribution is 0.191. The minimum atomic E-state index is 0.672. The molecule has 0 saturated carbocycles. The monoisotopic (exact) mass is 353 g/mol. The van der Waals surface area contributed by atoms with E-state index in [1.165, 1.54) is 43.2 Å². The number of pyridine rings is 1. The number of aliphatic imine (C=N–C) groups is 1. The van der Waals surface area contributed by atoms with Crippen molar-refractivity contribution in [1.82, 2.24) is 20.5 Å². The molecule has 3 rings (SSSR count). The molecule has 26 heavy (non-hydrogen) atoms. The zero-order chi connectivity index (χ0) is 18.2. The first-order chi connectivity index (χ1) is 12.8. The first kappa shape index (κ1) is 18.6. The number of nitrogens with one attached hydrogen (secondary N) is 2. The Morgan fingerprint density at radius 2 is 2.00 bits per heavy atom. The summed E-state index contributed by atoms with van der Waals surface area (Å²) in [4.78, 5) is 11.4. The molecule has 1 aliphatic rings. The smallest absolute Gasteiger partial charge is 0.191 e. The standard InChI is InChI=1S/C21H31N5/c1-17-9-14-26(15-10-17)13-5-11-24-21(22-2)25-16-20-19-7-4-3-6-18(19)8-12-23-20/h3-4,6-8,12,17H,5,9-11,13-16H2,1-2H3,(H2,22,24,25). The van der Waals surface area contributed by atoms with Gasteiger partial charge in [-0.15, -0.1) is 0 Å². The summed E-state index contributed by atoms with van der Waals surface area (Å²) in [5, 5.41) is 9.22. The van der Waals surface area contributed by atoms with Crippen LogP contribution >= 0.6 is 0 Å². The Labute approximate surface area is 156 Å². The van der Waals surface area contributed by atoms with Crippen molar-refractivity contribution in [3.63, 3.8) is 0 Å². The van der Waals surface area contributed by atoms with Crippen molar-refractivity contribution in [3.8, 4) is 0 Å². The number of rotatable bonds is 6. The molecule has 0 radical (unpaired) electrons. The van der Waals surface area contributed by atoms with Crippen LogP contribution < -0.4 is 10.6 Å². The zero-order valence-corrected chi connectivity index (χ0v) is 16.0. The summed E-state index contributed by atoms with van der Waals surface area (Å²) < 4.78 is 0. The van der Waals surface area contributed by atoms with E-state index in [9.17, 15) is 0 Å². The third kappa shape index (κ3) is 5.18. The zero-order valence-electron chi connectivity index (χ0n) is 16.0. The summed E-state index contributed by atoms with van der Waals surface area (Å²) in [7, 11) is 1.82. The summed E-state index contributed by atoms with van der Waals surface area (Å²) in [5.41, 5.74) is 1.05. The minimum Gasteiger partial charge on any atom is -0.356 e. The number of hydrogen-bond donors (Lipinski definition) is 2. The molecule has 2 N–H and O–H groups in total. The molecule has 1 aromatic heterocycles. The molecule has 5 heteroatoms. The van der Waals surface area contributed by atoms with Crippen LogP contribution in [0.2, 0.25) is 0 Å². The lowest BCUT2D eigenvalue weighted by Gasteiger charge is -2.30. The third-order valence-electron chi connectivity index (χ3n) is 5.22. The van der Waals surface area contributed by atoms with Crippen LogP contribution in [0.4, 0.5) is 0 Å². The van der Waals surface area contributed by atoms with Crippen molar-refractivity contribution in [2.45, 2.75) is 32.7 Å². The fourth-order valence-corrected chi connectivity index (χ4v) is 3.51. The Kier molecular flexibility index (Phi) is 6.83. The van der Waals surface area contributed by atoms with Crippen molar-refractivity contribution in [3.05, 3.63) is 42.2 Å². The summed E-state index contributed by atoms with van der Waals surface area (Å²) >= 11 is 0. The van der Waals surface area contributed by atoms with Gasteiger partial charge in [0.05, 0.1) is 12.2 Å². The van der Waals surface area contributed by atoms with Crippen LogP contribution in [-0.2, 0) is 6.54 Å². The minimum absolute atomic E-state index is 0.672. The highest BCUT2D eigenvalue weighted by atomic mass is 15.2. The van der Waals surface area contributed by atoms with Gasteiger partial charge < -0.3 is 15.5 Å². The number of guanidine groups is 1. The van der Waals surface area contributed by atoms with E-state index in [-0.39, 0.29) is 0 Å². The van der Waals surface area contributed by atoms with E-state index in [0.29, 0.717) is 6.54 Å². The summed E-state index contributed by atoms with van der Waals surface area (Å²) in [6.07, 6.45) is 5.69. The van der Waals surface area contributed by atoms with Gasteiger partial charge in [0.1, 0.15) is 0 Å². The summed E-state index contributed by atoms with van der Waals surface area (Å²) in [5.74, 6) is 1.74. The third-order valence-corrected chi connectivity index (χ3v) is 5.22. The molecule has 1 fully saturated rings. The van der Waals surface area contributed by atoms with Gasteiger partial charge in [0.15, 0.2) is 5.96 Å². The van der Waals surface area contributed by atoms with Crippen LogP contribution in [0.3, 0.4) is 0 Å². The maximum atomic E-state index is 4.52. The second-order valence-corrected chi connectivity index (χ2v) is 7.21. The van der Waals surface area contributed by atoms with Gasteiger partial charge in [0.25, 0.3) is 0 Å². The number of hydrogen-bond acceptors (Lipinski definition) is 3. The highest BCUT2D eigenvalue weighted by Crippen LogP contribution is 2.16. The number of benzene rings is 1. The quantitative estimate of drug-likeness (QED) is 0.476. The fraction of sp³-hybridized carbons (Fsp3) is 0.524. The predicted octanol–water partition coefficient (Wildman–Crippen LogP) is 3.02. The molecule has 2 aromatic rings. The van der Waals surface area contributed by atoms with Gasteiger partial charge in [-0.2, -0.15) is 0 Å². The molecular weight excluding hydrogens is 322 g/mol. The van der Waals surface area contributed by atoms with Crippen molar-refractivity contribution < 1.29 is 0 Å². The van der Waals surface area contributed by atoms with E-state index in [0.717, 1.165) is 30.5 Å². The van der Waals surface area contributed by atoms with Crippen LogP contribution in [0.5, 0.6) is 0 Å². The van der Waals surface area contributed by atoms with Crippen LogP contribution in [0.15, 0.2) is 41.5 Å². The average Bonchev–Trinajstić information content (AvgIpc) is 2.69. The van der Waals surface area contributed by atoms with E-state index in [1.54, 1.807) is 0 Å². The Balaban J connectivity index is 1.42. The molecule has 140 valence electrons. The van der Waals surface area contributed by atoms with Crippen molar-refractivity contribution >= 4 is 16.7 Å². The number of aromatic nitrogens is 1. The van der Waals surface area contributed by atoms with Gasteiger partial charge in [-0.25, -0.2) is 0 Å². The normalized spacial score (nSPS) is 16.8. The van der Waals surface area contributed by atoms with Gasteiger partial charge in [-0.3, -0.25) is 9.98 Å². The van der Waals surface area contributed by atoms with Crippen LogP contribution in [0.25, 0.3) is 10.8 Å². The molecule has 0 aliphatic carbocycles. The molecule has 1 aromatic carbocycles. The molecule has 1 saturated heterocycles. The average molecular weight is 354 g/mol. The lowest BCUT2D eigenvalue weighted by atomic mass is 9.99. The second-order valence-electron chi connectivity index (χ2n) is 7.21. The van der Waals surface area contributed by atoms with Crippen LogP contribution in [-0.4, -0.2) is 49.1 Å². The summed E-state index contributed by atoms with van der Waals surface area (Å²) in [6.45, 7) is 7.64. The Morgan fingerprint density at radius 3 is 2.81 bits per heavy atom. The second kappa shape index (κ2) is 9.53. The molecular formula is C21H31N5. The van der Waals surface area contributed by atoms with Gasteiger partial charge in [-0.05, 0) is 56.3 Å². The molecule has 0 amide bonds. The lowest BCUT2D eigenvalue weighted by Crippen LogP contribution is -2.39. The molecule has 0 unspecified atom stereocenters. The number of nitrogens with zero attached hydrogens (tertiary/aromatic N) is 3. The van der Waals surface area contributed by atoms with Crippen molar-refractivity contribution in [1.29, 1.82) is 0 Å². The van der Waals surface area contributed by atoms with Gasteiger partial charge in [0, 0.05) is 25.2 Å². The van der Waals surface area contributed by atoms with E-state index in [1.807, 2.05) is 19.3 Å². The van der Waals surface area contributed by atoms with Crippen molar-refractivity contribution in [2.24, 2.45) is 10.9 Å². The fourth-order valence-electron chi connectivity index (χ4n) is 3.51. The largest absolute Gasteiger partial charge is 0.356 e. The van der Waals surface area contributed by atoms with E-state index < -0.39 is 0 Å². The highest BCUT2D eigenvalue weighted by molar-refractivity contribution is 5.85. The topological polar surface area (TPSA) is 52.6 Å². The maximum Gasteiger partial charge on any atom is 0.191 e. The van der Waals surface area contributed by atoms with E-state index in [2.05, 4.69) is 56.7 Å². The van der Waals surface area contributed by atoms with Gasteiger partial charge in [0.2, 0.25) is 0 Å². The van der Waals surface area contributed by atoms with Gasteiger partial charge >= 0.3 is 0 Å². The highest BCUT2D eigenvalue weighted by Gasteiger charge is 2.14. The molecule has 0 bridgehead atoms. The first-order valence-corrected chi connectivity index (χ1v) is 9.76. The predicted molar refractivity (Wildman–Crippen MR) is 109 cm³/mol. The first-order valence-electron chi connectivity index (χ1n) is 9.76. The van der Waals surface area contributed by atoms with Gasteiger partial charge in [-0.1, -0.05) is 31.2 Å². The number of likely N-dealkylation sites (tertiary alicyclic amines) is 1. The Hall–Kier alpha value is -2.14. The molecule has 5 nitrogen and oxygen atoms in total. The summed E-state index contributed by atoms with van der Waals surface area (Å²) in [6, 6.07) is 10.4. The molecule has 0 atom stereocenters. The van der Waals surface area contributed by atoms with Crippen molar-refractivity contribution in [2.75, 3.05) is 33.2 Å².